The lowest BCUT2D eigenvalue weighted by Gasteiger charge is -2.30. The number of alkyl halides is 2. The van der Waals surface area contributed by atoms with Gasteiger partial charge < -0.3 is 35.7 Å². The number of methoxy groups -OCH3 is 1. The van der Waals surface area contributed by atoms with Crippen molar-refractivity contribution in [2.45, 2.75) is 64.0 Å². The summed E-state index contributed by atoms with van der Waals surface area (Å²) in [7, 11) is 1.65. The zero-order valence-electron chi connectivity index (χ0n) is 23.3. The topological polar surface area (TPSA) is 132 Å². The average molecular weight is 558 g/mol. The summed E-state index contributed by atoms with van der Waals surface area (Å²) in [4.78, 5) is 25.1. The van der Waals surface area contributed by atoms with Crippen molar-refractivity contribution in [2.75, 3.05) is 46.6 Å². The first-order valence-electron chi connectivity index (χ1n) is 13.7. The number of ether oxygens (including phenoxy) is 3. The van der Waals surface area contributed by atoms with E-state index in [0.717, 1.165) is 12.8 Å². The van der Waals surface area contributed by atoms with Crippen LogP contribution in [0.5, 0.6) is 5.75 Å². The molecule has 1 saturated heterocycles. The number of unbranched alkanes of at least 4 members (excludes halogenated alkanes) is 1. The highest BCUT2D eigenvalue weighted by Gasteiger charge is 2.47. The molecule has 0 saturated carbocycles. The van der Waals surface area contributed by atoms with Crippen LogP contribution >= 0.6 is 0 Å². The highest BCUT2D eigenvalue weighted by atomic mass is 19.3. The molecule has 2 amide bonds. The van der Waals surface area contributed by atoms with Crippen molar-refractivity contribution < 1.29 is 37.7 Å². The van der Waals surface area contributed by atoms with Crippen molar-refractivity contribution in [3.05, 3.63) is 29.8 Å². The fraction of sp³-hybridized carbons (Fsp3) is 0.714. The Bertz CT molecular complexity index is 883. The Labute approximate surface area is 230 Å². The highest BCUT2D eigenvalue weighted by Crippen LogP contribution is 2.32. The van der Waals surface area contributed by atoms with E-state index in [4.69, 9.17) is 19.9 Å². The number of nitrogens with two attached hydrogens (primary N) is 1. The van der Waals surface area contributed by atoms with Crippen LogP contribution in [0, 0.1) is 17.8 Å². The number of nitrogens with one attached hydrogen (secondary N) is 2. The molecule has 0 spiro atoms. The molecule has 0 bridgehead atoms. The van der Waals surface area contributed by atoms with Gasteiger partial charge in [-0.15, -0.1) is 0 Å². The molecular weight excluding hydrogens is 512 g/mol. The second-order valence-electron chi connectivity index (χ2n) is 10.4. The molecule has 1 aliphatic heterocycles. The Morgan fingerprint density at radius 3 is 2.46 bits per heavy atom. The van der Waals surface area contributed by atoms with Gasteiger partial charge >= 0.3 is 5.92 Å². The fourth-order valence-corrected chi connectivity index (χ4v) is 4.44. The lowest BCUT2D eigenvalue weighted by atomic mass is 9.87. The van der Waals surface area contributed by atoms with Gasteiger partial charge in [-0.25, -0.2) is 0 Å². The van der Waals surface area contributed by atoms with Gasteiger partial charge in [0.25, 0.3) is 11.8 Å². The molecule has 0 aromatic heterocycles. The van der Waals surface area contributed by atoms with Crippen LogP contribution in [0.1, 0.15) is 56.3 Å². The van der Waals surface area contributed by atoms with E-state index in [2.05, 4.69) is 10.6 Å². The zero-order valence-corrected chi connectivity index (χ0v) is 23.3. The number of rotatable bonds is 17. The van der Waals surface area contributed by atoms with Gasteiger partial charge in [0.05, 0.1) is 18.3 Å². The number of carbonyl (C=O) groups is 2. The van der Waals surface area contributed by atoms with Crippen LogP contribution in [0.2, 0.25) is 0 Å². The van der Waals surface area contributed by atoms with Crippen molar-refractivity contribution in [3.8, 4) is 5.75 Å². The third-order valence-corrected chi connectivity index (χ3v) is 7.18. The molecule has 0 radical (unpaired) electrons. The molecule has 1 heterocycles. The minimum absolute atomic E-state index is 0.0971. The van der Waals surface area contributed by atoms with Gasteiger partial charge in [0.1, 0.15) is 5.75 Å². The summed E-state index contributed by atoms with van der Waals surface area (Å²) in [6, 6.07) is 6.22. The van der Waals surface area contributed by atoms with Gasteiger partial charge in [-0.05, 0) is 56.1 Å². The first-order chi connectivity index (χ1) is 18.6. The second kappa shape index (κ2) is 16.7. The number of aliphatic hydroxyl groups is 1. The predicted molar refractivity (Wildman–Crippen MR) is 144 cm³/mol. The summed E-state index contributed by atoms with van der Waals surface area (Å²) in [5.41, 5.74) is 6.60. The average Bonchev–Trinajstić information content (AvgIpc) is 2.93. The molecule has 39 heavy (non-hydrogen) atoms. The van der Waals surface area contributed by atoms with Crippen LogP contribution in [0.15, 0.2) is 24.3 Å². The third kappa shape index (κ3) is 10.6. The molecule has 0 aliphatic carbocycles. The number of halogens is 2. The minimum Gasteiger partial charge on any atom is -0.493 e. The molecule has 1 aromatic rings. The summed E-state index contributed by atoms with van der Waals surface area (Å²) in [6.45, 7) is 5.37. The van der Waals surface area contributed by atoms with Crippen molar-refractivity contribution in [2.24, 2.45) is 23.5 Å². The van der Waals surface area contributed by atoms with Gasteiger partial charge in [-0.3, -0.25) is 9.59 Å². The first-order valence-corrected chi connectivity index (χ1v) is 13.7. The van der Waals surface area contributed by atoms with Crippen LogP contribution < -0.4 is 21.1 Å². The summed E-state index contributed by atoms with van der Waals surface area (Å²) < 4.78 is 44.9. The summed E-state index contributed by atoms with van der Waals surface area (Å²) in [5.74, 6) is -5.81. The van der Waals surface area contributed by atoms with Crippen molar-refractivity contribution >= 4 is 11.8 Å². The zero-order chi connectivity index (χ0) is 28.8. The predicted octanol–water partition coefficient (Wildman–Crippen LogP) is 2.75. The fourth-order valence-electron chi connectivity index (χ4n) is 4.44. The van der Waals surface area contributed by atoms with E-state index in [-0.39, 0.29) is 50.3 Å². The Kier molecular flexibility index (Phi) is 14.1. The minimum atomic E-state index is -3.54. The summed E-state index contributed by atoms with van der Waals surface area (Å²) in [6.07, 6.45) is 0.971. The monoisotopic (exact) mass is 557 g/mol. The molecule has 222 valence electrons. The third-order valence-electron chi connectivity index (χ3n) is 7.18. The van der Waals surface area contributed by atoms with Crippen molar-refractivity contribution in [1.82, 2.24) is 10.6 Å². The quantitative estimate of drug-likeness (QED) is 0.217. The number of amides is 2. The standard InChI is InChI=1S/C28H45F2N3O6/c1-19(2)20(17-32-26(35)22-8-4-5-9-25(22)39-13-7-6-12-37-3)16-23(31)24(34)18-33-27(36)28(29,30)21-10-14-38-15-11-21/h4-5,8-9,19-21,23-24,34H,6-7,10-18,31H2,1-3H3,(H,32,35)(H,33,36)/t20-,23+,24+/m1/s1. The summed E-state index contributed by atoms with van der Waals surface area (Å²) >= 11 is 0. The first kappa shape index (κ1) is 32.9. The Morgan fingerprint density at radius 1 is 1.13 bits per heavy atom. The molecule has 1 aromatic carbocycles. The van der Waals surface area contributed by atoms with E-state index in [0.29, 0.717) is 37.5 Å². The molecule has 11 heteroatoms. The number of benzene rings is 1. The van der Waals surface area contributed by atoms with Gasteiger partial charge in [0, 0.05) is 52.0 Å². The number of carbonyl (C=O) groups excluding carboxylic acids is 2. The van der Waals surface area contributed by atoms with Gasteiger partial charge in [-0.2, -0.15) is 8.78 Å². The molecule has 3 atom stereocenters. The van der Waals surface area contributed by atoms with Crippen molar-refractivity contribution in [1.29, 1.82) is 0 Å². The molecular formula is C28H45F2N3O6. The second-order valence-corrected chi connectivity index (χ2v) is 10.4. The summed E-state index contributed by atoms with van der Waals surface area (Å²) in [5, 5.41) is 15.6. The number of aliphatic hydroxyl groups excluding tert-OH is 1. The maximum absolute atomic E-state index is 14.5. The van der Waals surface area contributed by atoms with Gasteiger partial charge in [0.15, 0.2) is 0 Å². The van der Waals surface area contributed by atoms with E-state index in [1.54, 1.807) is 31.4 Å². The van der Waals surface area contributed by atoms with Crippen molar-refractivity contribution in [3.63, 3.8) is 0 Å². The molecule has 1 fully saturated rings. The highest BCUT2D eigenvalue weighted by molar-refractivity contribution is 5.96. The lowest BCUT2D eigenvalue weighted by Crippen LogP contribution is -2.51. The maximum Gasteiger partial charge on any atom is 0.327 e. The van der Waals surface area contributed by atoms with Crippen LogP contribution in [0.25, 0.3) is 0 Å². The van der Waals surface area contributed by atoms with E-state index in [9.17, 15) is 23.5 Å². The lowest BCUT2D eigenvalue weighted by molar-refractivity contribution is -0.160. The van der Waals surface area contributed by atoms with Crippen LogP contribution in [-0.4, -0.2) is 81.6 Å². The molecule has 9 nitrogen and oxygen atoms in total. The Balaban J connectivity index is 1.85. The molecule has 0 unspecified atom stereocenters. The van der Waals surface area contributed by atoms with Crippen LogP contribution in [0.3, 0.4) is 0 Å². The van der Waals surface area contributed by atoms with E-state index in [1.165, 1.54) is 0 Å². The number of hydrogen-bond donors (Lipinski definition) is 4. The molecule has 5 N–H and O–H groups in total. The SMILES string of the molecule is COCCCCOc1ccccc1C(=O)NC[C@@H](C[C@H](N)[C@@H](O)CNC(=O)C(F)(F)C1CCOCC1)C(C)C. The molecule has 1 aliphatic rings. The smallest absolute Gasteiger partial charge is 0.327 e. The Morgan fingerprint density at radius 2 is 1.79 bits per heavy atom. The normalized spacial score (nSPS) is 16.9. The van der Waals surface area contributed by atoms with Gasteiger partial charge in [0.2, 0.25) is 0 Å². The van der Waals surface area contributed by atoms with Crippen LogP contribution in [-0.2, 0) is 14.3 Å². The van der Waals surface area contributed by atoms with E-state index >= 15 is 0 Å². The number of para-hydroxylation sites is 1. The van der Waals surface area contributed by atoms with E-state index in [1.807, 2.05) is 13.8 Å². The maximum atomic E-state index is 14.5. The number of hydrogen-bond acceptors (Lipinski definition) is 7. The van der Waals surface area contributed by atoms with Gasteiger partial charge in [-0.1, -0.05) is 26.0 Å². The van der Waals surface area contributed by atoms with Crippen LogP contribution in [0.4, 0.5) is 8.78 Å². The largest absolute Gasteiger partial charge is 0.493 e. The van der Waals surface area contributed by atoms with E-state index < -0.39 is 29.9 Å². The Hall–Kier alpha value is -2.34. The molecule has 2 rings (SSSR count).